The fraction of sp³-hybridized carbons (Fsp3) is 0.476. The molecule has 1 atom stereocenters. The Kier molecular flexibility index (Phi) is 6.73. The van der Waals surface area contributed by atoms with Gasteiger partial charge in [-0.05, 0) is 32.4 Å². The van der Waals surface area contributed by atoms with E-state index in [4.69, 9.17) is 4.74 Å². The van der Waals surface area contributed by atoms with Gasteiger partial charge in [0, 0.05) is 10.8 Å². The van der Waals surface area contributed by atoms with E-state index in [2.05, 4.69) is 67.7 Å². The number of hydrogen-bond donors (Lipinski definition) is 0. The fourth-order valence-electron chi connectivity index (χ4n) is 2.90. The van der Waals surface area contributed by atoms with Crippen molar-refractivity contribution in [2.24, 2.45) is 10.8 Å². The van der Waals surface area contributed by atoms with Crippen LogP contribution in [0.4, 0.5) is 0 Å². The molecular formula is C21H28O2S. The van der Waals surface area contributed by atoms with Gasteiger partial charge in [-0.1, -0.05) is 67.7 Å². The summed E-state index contributed by atoms with van der Waals surface area (Å²) in [7, 11) is 0. The first-order valence-corrected chi connectivity index (χ1v) is 9.92. The predicted molar refractivity (Wildman–Crippen MR) is 104 cm³/mol. The quantitative estimate of drug-likeness (QED) is 0.466. The maximum absolute atomic E-state index is 11.8. The lowest BCUT2D eigenvalue weighted by Gasteiger charge is -2.31. The second kappa shape index (κ2) is 8.57. The zero-order valence-electron chi connectivity index (χ0n) is 14.9. The van der Waals surface area contributed by atoms with Crippen molar-refractivity contribution in [2.75, 3.05) is 12.9 Å². The van der Waals surface area contributed by atoms with E-state index in [1.54, 1.807) is 11.8 Å². The number of rotatable bonds is 7. The molecule has 0 heterocycles. The van der Waals surface area contributed by atoms with Gasteiger partial charge in [-0.15, -0.1) is 11.8 Å². The first kappa shape index (κ1) is 18.9. The highest BCUT2D eigenvalue weighted by molar-refractivity contribution is 7.99. The zero-order chi connectivity index (χ0) is 17.5. The van der Waals surface area contributed by atoms with Crippen molar-refractivity contribution in [2.45, 2.75) is 38.4 Å². The van der Waals surface area contributed by atoms with Crippen LogP contribution in [0.3, 0.4) is 0 Å². The van der Waals surface area contributed by atoms with Gasteiger partial charge in [0.25, 0.3) is 0 Å². The number of thioether (sulfide) groups is 1. The van der Waals surface area contributed by atoms with E-state index in [9.17, 15) is 4.79 Å². The molecule has 0 aromatic carbocycles. The normalized spacial score (nSPS) is 21.5. The summed E-state index contributed by atoms with van der Waals surface area (Å²) in [5.41, 5.74) is 0.0228. The summed E-state index contributed by atoms with van der Waals surface area (Å²) < 4.78 is 5.10. The highest BCUT2D eigenvalue weighted by Crippen LogP contribution is 2.39. The molecule has 130 valence electrons. The number of carbonyl (C=O) groups is 1. The Morgan fingerprint density at radius 1 is 1.17 bits per heavy atom. The molecule has 2 aliphatic rings. The monoisotopic (exact) mass is 344 g/mol. The molecule has 24 heavy (non-hydrogen) atoms. The van der Waals surface area contributed by atoms with Gasteiger partial charge in [-0.3, -0.25) is 4.79 Å². The number of allylic oxidation sites excluding steroid dienone is 10. The molecule has 0 aromatic rings. The van der Waals surface area contributed by atoms with Gasteiger partial charge in [0.05, 0.1) is 6.61 Å². The van der Waals surface area contributed by atoms with E-state index in [0.717, 1.165) is 19.3 Å². The minimum absolute atomic E-state index is 0.0185. The lowest BCUT2D eigenvalue weighted by atomic mass is 9.73. The predicted octanol–water partition coefficient (Wildman–Crippen LogP) is 5.25. The van der Waals surface area contributed by atoms with Crippen LogP contribution in [0.1, 0.15) is 33.1 Å². The summed E-state index contributed by atoms with van der Waals surface area (Å²) in [6.07, 6.45) is 27.1. The highest BCUT2D eigenvalue weighted by Gasteiger charge is 2.27. The van der Waals surface area contributed by atoms with E-state index in [1.165, 1.54) is 0 Å². The summed E-state index contributed by atoms with van der Waals surface area (Å²) in [5, 5.41) is -0.104. The molecule has 0 saturated carbocycles. The van der Waals surface area contributed by atoms with Crippen molar-refractivity contribution in [3.8, 4) is 0 Å². The summed E-state index contributed by atoms with van der Waals surface area (Å²) in [6, 6.07) is 0. The highest BCUT2D eigenvalue weighted by atomic mass is 32.2. The van der Waals surface area contributed by atoms with Gasteiger partial charge >= 0.3 is 5.97 Å². The summed E-state index contributed by atoms with van der Waals surface area (Å²) >= 11 is 1.55. The third kappa shape index (κ3) is 5.01. The third-order valence-corrected chi connectivity index (χ3v) is 5.45. The molecule has 0 N–H and O–H groups in total. The molecule has 1 unspecified atom stereocenters. The van der Waals surface area contributed by atoms with Crippen LogP contribution in [0.25, 0.3) is 0 Å². The summed E-state index contributed by atoms with van der Waals surface area (Å²) in [6.45, 7) is 4.53. The molecule has 2 aliphatic carbocycles. The van der Waals surface area contributed by atoms with Crippen LogP contribution in [-0.4, -0.2) is 24.1 Å². The Balaban J connectivity index is 1.88. The smallest absolute Gasteiger partial charge is 0.319 e. The Bertz CT molecular complexity index is 553. The van der Waals surface area contributed by atoms with Gasteiger partial charge in [-0.2, -0.15) is 0 Å². The molecule has 0 fully saturated rings. The number of carbonyl (C=O) groups excluding carboxylic acids is 1. The molecule has 0 aromatic heterocycles. The average molecular weight is 345 g/mol. The largest absolute Gasteiger partial charge is 0.465 e. The van der Waals surface area contributed by atoms with Crippen LogP contribution in [0.5, 0.6) is 0 Å². The van der Waals surface area contributed by atoms with E-state index in [1.807, 2.05) is 13.2 Å². The minimum Gasteiger partial charge on any atom is -0.465 e. The van der Waals surface area contributed by atoms with Crippen molar-refractivity contribution in [1.82, 2.24) is 0 Å². The molecule has 0 aliphatic heterocycles. The Hall–Kier alpha value is -1.48. The maximum atomic E-state index is 11.8. The zero-order valence-corrected chi connectivity index (χ0v) is 15.7. The number of hydrogen-bond acceptors (Lipinski definition) is 3. The second-order valence-electron chi connectivity index (χ2n) is 6.60. The average Bonchev–Trinajstić information content (AvgIpc) is 2.59. The Morgan fingerprint density at radius 2 is 1.83 bits per heavy atom. The Morgan fingerprint density at radius 3 is 2.42 bits per heavy atom. The first-order valence-electron chi connectivity index (χ1n) is 8.63. The topological polar surface area (TPSA) is 26.3 Å². The van der Waals surface area contributed by atoms with Crippen LogP contribution >= 0.6 is 11.8 Å². The van der Waals surface area contributed by atoms with Crippen molar-refractivity contribution in [3.63, 3.8) is 0 Å². The third-order valence-electron chi connectivity index (χ3n) is 4.50. The van der Waals surface area contributed by atoms with E-state index >= 15 is 0 Å². The molecule has 0 bridgehead atoms. The molecular weight excluding hydrogens is 316 g/mol. The minimum atomic E-state index is -0.115. The second-order valence-corrected chi connectivity index (χ2v) is 7.64. The van der Waals surface area contributed by atoms with Gasteiger partial charge < -0.3 is 4.74 Å². The Labute approximate surface area is 150 Å². The van der Waals surface area contributed by atoms with Crippen LogP contribution in [0, 0.1) is 10.8 Å². The maximum Gasteiger partial charge on any atom is 0.319 e. The number of ether oxygens (including phenoxy) is 1. The van der Waals surface area contributed by atoms with E-state index < -0.39 is 0 Å². The van der Waals surface area contributed by atoms with E-state index in [0.29, 0.717) is 6.61 Å². The van der Waals surface area contributed by atoms with Gasteiger partial charge in [0.2, 0.25) is 0 Å². The van der Waals surface area contributed by atoms with E-state index in [-0.39, 0.29) is 22.0 Å². The molecule has 0 amide bonds. The van der Waals surface area contributed by atoms with Gasteiger partial charge in [0.15, 0.2) is 0 Å². The standard InChI is InChI=1S/C21H28O2S/c1-4-23-19(22)18(24-3)10-6-9-11-20(2)14-16-21(17-15-20)12-7-5-8-13-21/h6-9,12-18H,4-5,10-11H2,1-3H3/b9-6+. The molecule has 1 spiro atoms. The SMILES string of the molecule is CCOC(=O)C(C/C=C/CC1(C)C=CC2(C=CCC=C2)C=C1)SC. The van der Waals surface area contributed by atoms with Crippen LogP contribution in [0.2, 0.25) is 0 Å². The fourth-order valence-corrected chi connectivity index (χ4v) is 3.46. The van der Waals surface area contributed by atoms with Crippen molar-refractivity contribution in [3.05, 3.63) is 60.8 Å². The van der Waals surface area contributed by atoms with Crippen molar-refractivity contribution in [1.29, 1.82) is 0 Å². The van der Waals surface area contributed by atoms with Crippen LogP contribution in [0.15, 0.2) is 60.8 Å². The molecule has 2 rings (SSSR count). The number of esters is 1. The van der Waals surface area contributed by atoms with Crippen LogP contribution < -0.4 is 0 Å². The lowest BCUT2D eigenvalue weighted by Crippen LogP contribution is -2.20. The van der Waals surface area contributed by atoms with Gasteiger partial charge in [-0.25, -0.2) is 0 Å². The van der Waals surface area contributed by atoms with Crippen molar-refractivity contribution >= 4 is 17.7 Å². The molecule has 0 saturated heterocycles. The summed E-state index contributed by atoms with van der Waals surface area (Å²) in [4.78, 5) is 11.8. The molecule has 3 heteroatoms. The van der Waals surface area contributed by atoms with Gasteiger partial charge in [0.1, 0.15) is 5.25 Å². The summed E-state index contributed by atoms with van der Waals surface area (Å²) in [5.74, 6) is -0.115. The molecule has 2 nitrogen and oxygen atoms in total. The lowest BCUT2D eigenvalue weighted by molar-refractivity contribution is -0.142. The molecule has 0 radical (unpaired) electrons. The first-order chi connectivity index (χ1) is 11.5. The van der Waals surface area contributed by atoms with Crippen molar-refractivity contribution < 1.29 is 9.53 Å². The van der Waals surface area contributed by atoms with Crippen LogP contribution in [-0.2, 0) is 9.53 Å².